The van der Waals surface area contributed by atoms with E-state index in [1.807, 2.05) is 30.3 Å². The molecule has 2 aromatic heterocycles. The molecule has 96 valence electrons. The molecule has 1 aromatic carbocycles. The number of fused-ring (bicyclic) bond motifs is 1. The smallest absolute Gasteiger partial charge is 0.330 e. The number of benzene rings is 1. The Kier molecular flexibility index (Phi) is 2.56. The molecule has 3 rings (SSSR count). The molecule has 6 nitrogen and oxygen atoms in total. The van der Waals surface area contributed by atoms with Gasteiger partial charge in [-0.25, -0.2) is 9.78 Å². The quantitative estimate of drug-likeness (QED) is 0.720. The lowest BCUT2D eigenvalue weighted by Crippen LogP contribution is -2.34. The molecular formula is C13H12N4O2. The van der Waals surface area contributed by atoms with Crippen LogP contribution in [-0.2, 0) is 6.54 Å². The molecule has 0 aliphatic heterocycles. The van der Waals surface area contributed by atoms with Gasteiger partial charge in [0.2, 0.25) is 0 Å². The summed E-state index contributed by atoms with van der Waals surface area (Å²) in [6.07, 6.45) is 0. The molecule has 3 aromatic rings. The molecule has 0 saturated heterocycles. The van der Waals surface area contributed by atoms with Crippen LogP contribution in [0.1, 0.15) is 6.92 Å². The predicted molar refractivity (Wildman–Crippen MR) is 72.1 cm³/mol. The lowest BCUT2D eigenvalue weighted by molar-refractivity contribution is 0.682. The summed E-state index contributed by atoms with van der Waals surface area (Å²) >= 11 is 0. The van der Waals surface area contributed by atoms with Crippen molar-refractivity contribution in [1.29, 1.82) is 0 Å². The molecule has 2 heterocycles. The maximum atomic E-state index is 12.1. The van der Waals surface area contributed by atoms with Gasteiger partial charge in [0.1, 0.15) is 11.3 Å². The third-order valence-electron chi connectivity index (χ3n) is 3.00. The zero-order chi connectivity index (χ0) is 13.4. The minimum atomic E-state index is -0.439. The highest BCUT2D eigenvalue weighted by atomic mass is 16.2. The van der Waals surface area contributed by atoms with Crippen molar-refractivity contribution in [3.05, 3.63) is 51.2 Å². The van der Waals surface area contributed by atoms with Crippen molar-refractivity contribution in [2.24, 2.45) is 0 Å². The number of nitrogens with zero attached hydrogens (tertiary/aromatic N) is 2. The molecule has 0 radical (unpaired) electrons. The molecule has 19 heavy (non-hydrogen) atoms. The van der Waals surface area contributed by atoms with E-state index in [9.17, 15) is 9.59 Å². The van der Waals surface area contributed by atoms with Crippen LogP contribution in [0.25, 0.3) is 22.6 Å². The first-order valence-electron chi connectivity index (χ1n) is 5.99. The monoisotopic (exact) mass is 256 g/mol. The van der Waals surface area contributed by atoms with Crippen LogP contribution in [0.2, 0.25) is 0 Å². The van der Waals surface area contributed by atoms with Gasteiger partial charge in [-0.2, -0.15) is 0 Å². The van der Waals surface area contributed by atoms with E-state index in [0.717, 1.165) is 10.1 Å². The van der Waals surface area contributed by atoms with Crippen LogP contribution >= 0.6 is 0 Å². The fourth-order valence-corrected chi connectivity index (χ4v) is 2.03. The van der Waals surface area contributed by atoms with Crippen LogP contribution in [0.15, 0.2) is 39.9 Å². The molecule has 0 amide bonds. The van der Waals surface area contributed by atoms with E-state index in [0.29, 0.717) is 23.5 Å². The van der Waals surface area contributed by atoms with Crippen LogP contribution in [-0.4, -0.2) is 19.5 Å². The van der Waals surface area contributed by atoms with Crippen molar-refractivity contribution in [2.75, 3.05) is 0 Å². The topological polar surface area (TPSA) is 83.5 Å². The minimum Gasteiger partial charge on any atom is -0.332 e. The fourth-order valence-electron chi connectivity index (χ4n) is 2.03. The van der Waals surface area contributed by atoms with Crippen LogP contribution in [0.4, 0.5) is 0 Å². The van der Waals surface area contributed by atoms with E-state index in [1.54, 1.807) is 6.92 Å². The molecule has 0 spiro atoms. The maximum absolute atomic E-state index is 12.1. The minimum absolute atomic E-state index is 0.290. The molecule has 0 saturated carbocycles. The molecule has 0 fully saturated rings. The van der Waals surface area contributed by atoms with Gasteiger partial charge in [0.25, 0.3) is 5.56 Å². The first-order valence-corrected chi connectivity index (χ1v) is 5.99. The lowest BCUT2D eigenvalue weighted by atomic mass is 10.2. The fraction of sp³-hybridized carbons (Fsp3) is 0.154. The van der Waals surface area contributed by atoms with Crippen LogP contribution in [0.3, 0.4) is 0 Å². The normalized spacial score (nSPS) is 11.0. The zero-order valence-corrected chi connectivity index (χ0v) is 10.3. The number of imidazole rings is 1. The summed E-state index contributed by atoms with van der Waals surface area (Å²) < 4.78 is 1.13. The number of hydrogen-bond donors (Lipinski definition) is 2. The van der Waals surface area contributed by atoms with E-state index < -0.39 is 5.69 Å². The predicted octanol–water partition coefficient (Wildman–Crippen LogP) is 1.10. The molecule has 0 atom stereocenters. The second-order valence-corrected chi connectivity index (χ2v) is 4.15. The number of rotatable bonds is 2. The van der Waals surface area contributed by atoms with Gasteiger partial charge in [-0.15, -0.1) is 0 Å². The van der Waals surface area contributed by atoms with Crippen molar-refractivity contribution in [1.82, 2.24) is 19.5 Å². The van der Waals surface area contributed by atoms with Crippen molar-refractivity contribution < 1.29 is 0 Å². The summed E-state index contributed by atoms with van der Waals surface area (Å²) in [6.45, 7) is 2.07. The first kappa shape index (κ1) is 11.5. The summed E-state index contributed by atoms with van der Waals surface area (Å²) in [5.74, 6) is 0.567. The first-order chi connectivity index (χ1) is 9.20. The van der Waals surface area contributed by atoms with E-state index >= 15 is 0 Å². The summed E-state index contributed by atoms with van der Waals surface area (Å²) in [6, 6.07) is 9.44. The molecule has 0 aliphatic carbocycles. The highest BCUT2D eigenvalue weighted by Crippen LogP contribution is 2.16. The van der Waals surface area contributed by atoms with E-state index in [2.05, 4.69) is 15.0 Å². The van der Waals surface area contributed by atoms with Gasteiger partial charge in [0.05, 0.1) is 0 Å². The average molecular weight is 256 g/mol. The Labute approximate surface area is 107 Å². The third-order valence-corrected chi connectivity index (χ3v) is 3.00. The summed E-state index contributed by atoms with van der Waals surface area (Å²) in [7, 11) is 0. The molecule has 0 bridgehead atoms. The molecule has 0 aliphatic rings. The number of aromatic nitrogens is 4. The van der Waals surface area contributed by atoms with Crippen LogP contribution in [0, 0.1) is 0 Å². The van der Waals surface area contributed by atoms with E-state index in [4.69, 9.17) is 0 Å². The summed E-state index contributed by atoms with van der Waals surface area (Å²) in [5.41, 5.74) is 0.683. The Bertz CT molecular complexity index is 842. The van der Waals surface area contributed by atoms with Crippen LogP contribution < -0.4 is 11.2 Å². The van der Waals surface area contributed by atoms with Gasteiger partial charge in [0.15, 0.2) is 5.65 Å². The standard InChI is InChI=1S/C13H12N4O2/c1-2-17-12(18)9-11(16-13(17)19)15-10(14-9)8-6-4-3-5-7-8/h3-7H,2H2,1H3,(H,14,15)(H,16,19). The molecule has 0 unspecified atom stereocenters. The second-order valence-electron chi connectivity index (χ2n) is 4.15. The second kappa shape index (κ2) is 4.24. The summed E-state index contributed by atoms with van der Waals surface area (Å²) in [5, 5.41) is 0. The van der Waals surface area contributed by atoms with Gasteiger partial charge >= 0.3 is 5.69 Å². The Balaban J connectivity index is 2.31. The van der Waals surface area contributed by atoms with Gasteiger partial charge in [-0.05, 0) is 6.92 Å². The van der Waals surface area contributed by atoms with Gasteiger partial charge in [0, 0.05) is 12.1 Å². The Hall–Kier alpha value is -2.63. The Morgan fingerprint density at radius 2 is 1.89 bits per heavy atom. The van der Waals surface area contributed by atoms with Gasteiger partial charge < -0.3 is 4.98 Å². The van der Waals surface area contributed by atoms with E-state index in [-0.39, 0.29) is 5.56 Å². The zero-order valence-electron chi connectivity index (χ0n) is 10.3. The number of aromatic amines is 2. The third kappa shape index (κ3) is 1.77. The Morgan fingerprint density at radius 3 is 2.58 bits per heavy atom. The average Bonchev–Trinajstić information content (AvgIpc) is 2.84. The van der Waals surface area contributed by atoms with Gasteiger partial charge in [-0.1, -0.05) is 30.3 Å². The summed E-state index contributed by atoms with van der Waals surface area (Å²) in [4.78, 5) is 33.6. The SMILES string of the molecule is CCn1c(=O)[nH]c2nc(-c3ccccc3)[nH]c2c1=O. The number of hydrogen-bond acceptors (Lipinski definition) is 3. The molecule has 6 heteroatoms. The molecule has 2 N–H and O–H groups in total. The maximum Gasteiger partial charge on any atom is 0.330 e. The largest absolute Gasteiger partial charge is 0.332 e. The van der Waals surface area contributed by atoms with Crippen molar-refractivity contribution in [3.63, 3.8) is 0 Å². The van der Waals surface area contributed by atoms with E-state index in [1.165, 1.54) is 0 Å². The highest BCUT2D eigenvalue weighted by molar-refractivity contribution is 5.74. The highest BCUT2D eigenvalue weighted by Gasteiger charge is 2.11. The van der Waals surface area contributed by atoms with Crippen molar-refractivity contribution >= 4 is 11.2 Å². The van der Waals surface area contributed by atoms with Crippen molar-refractivity contribution in [2.45, 2.75) is 13.5 Å². The van der Waals surface area contributed by atoms with Gasteiger partial charge in [-0.3, -0.25) is 14.3 Å². The molecular weight excluding hydrogens is 244 g/mol. The van der Waals surface area contributed by atoms with Crippen molar-refractivity contribution in [3.8, 4) is 11.4 Å². The number of H-pyrrole nitrogens is 2. The lowest BCUT2D eigenvalue weighted by Gasteiger charge is -1.97. The van der Waals surface area contributed by atoms with Crippen LogP contribution in [0.5, 0.6) is 0 Å². The number of nitrogens with one attached hydrogen (secondary N) is 2. The Morgan fingerprint density at radius 1 is 1.16 bits per heavy atom.